The Morgan fingerprint density at radius 1 is 1.04 bits per heavy atom. The molecular weight excluding hydrogens is 328 g/mol. The highest BCUT2D eigenvalue weighted by Gasteiger charge is 2.13. The maximum absolute atomic E-state index is 11.4. The Labute approximate surface area is 155 Å². The third-order valence-corrected chi connectivity index (χ3v) is 4.30. The Hall–Kier alpha value is -2.33. The van der Waals surface area contributed by atoms with Gasteiger partial charge >= 0.3 is 5.97 Å². The van der Waals surface area contributed by atoms with Gasteiger partial charge in [-0.15, -0.1) is 0 Å². The molecule has 4 nitrogen and oxygen atoms in total. The van der Waals surface area contributed by atoms with Crippen LogP contribution < -0.4 is 4.74 Å². The molecule has 0 saturated heterocycles. The van der Waals surface area contributed by atoms with Crippen molar-refractivity contribution in [2.45, 2.75) is 45.1 Å². The lowest BCUT2D eigenvalue weighted by molar-refractivity contribution is 0.0600. The molecule has 1 unspecified atom stereocenters. The van der Waals surface area contributed by atoms with Crippen LogP contribution in [0, 0.1) is 0 Å². The molecule has 0 aliphatic carbocycles. The van der Waals surface area contributed by atoms with Crippen LogP contribution in [0.25, 0.3) is 0 Å². The van der Waals surface area contributed by atoms with Crippen LogP contribution in [0.4, 0.5) is 0 Å². The summed E-state index contributed by atoms with van der Waals surface area (Å²) in [4.78, 5) is 11.4. The molecular formula is C22H28O4. The van der Waals surface area contributed by atoms with Gasteiger partial charge in [0, 0.05) is 0 Å². The third kappa shape index (κ3) is 5.88. The van der Waals surface area contributed by atoms with Crippen LogP contribution in [0.15, 0.2) is 48.5 Å². The van der Waals surface area contributed by atoms with E-state index in [1.54, 1.807) is 24.3 Å². The van der Waals surface area contributed by atoms with Crippen molar-refractivity contribution in [1.29, 1.82) is 0 Å². The number of esters is 1. The Kier molecular flexibility index (Phi) is 6.81. The summed E-state index contributed by atoms with van der Waals surface area (Å²) in [6, 6.07) is 15.2. The van der Waals surface area contributed by atoms with E-state index < -0.39 is 6.10 Å². The van der Waals surface area contributed by atoms with Crippen molar-refractivity contribution in [3.8, 4) is 5.75 Å². The first-order valence-corrected chi connectivity index (χ1v) is 8.88. The van der Waals surface area contributed by atoms with Gasteiger partial charge in [-0.05, 0) is 53.6 Å². The van der Waals surface area contributed by atoms with Gasteiger partial charge in [-0.3, -0.25) is 0 Å². The van der Waals surface area contributed by atoms with Crippen molar-refractivity contribution in [1.82, 2.24) is 0 Å². The molecule has 0 fully saturated rings. The first-order valence-electron chi connectivity index (χ1n) is 8.88. The van der Waals surface area contributed by atoms with Gasteiger partial charge in [0.2, 0.25) is 0 Å². The zero-order valence-electron chi connectivity index (χ0n) is 16.0. The number of aliphatic hydroxyl groups excluding tert-OH is 1. The second kappa shape index (κ2) is 8.86. The number of hydrogen-bond acceptors (Lipinski definition) is 4. The van der Waals surface area contributed by atoms with Crippen molar-refractivity contribution in [2.24, 2.45) is 0 Å². The van der Waals surface area contributed by atoms with Gasteiger partial charge < -0.3 is 14.6 Å². The molecule has 0 spiro atoms. The summed E-state index contributed by atoms with van der Waals surface area (Å²) in [5, 5.41) is 10.1. The number of aliphatic hydroxyl groups is 1. The van der Waals surface area contributed by atoms with Crippen LogP contribution in [-0.4, -0.2) is 30.9 Å². The smallest absolute Gasteiger partial charge is 0.337 e. The highest BCUT2D eigenvalue weighted by molar-refractivity contribution is 5.89. The minimum Gasteiger partial charge on any atom is -0.491 e. The Balaban J connectivity index is 1.78. The third-order valence-electron chi connectivity index (χ3n) is 4.30. The van der Waals surface area contributed by atoms with E-state index in [4.69, 9.17) is 4.74 Å². The molecule has 1 N–H and O–H groups in total. The number of methoxy groups -OCH3 is 1. The predicted octanol–water partition coefficient (Wildman–Crippen LogP) is 4.14. The Bertz CT molecular complexity index is 696. The summed E-state index contributed by atoms with van der Waals surface area (Å²) < 4.78 is 10.2. The van der Waals surface area contributed by atoms with Crippen molar-refractivity contribution >= 4 is 5.97 Å². The fourth-order valence-electron chi connectivity index (χ4n) is 2.59. The maximum Gasteiger partial charge on any atom is 0.337 e. The Morgan fingerprint density at radius 2 is 1.65 bits per heavy atom. The number of aryl methyl sites for hydroxylation is 1. The molecule has 0 radical (unpaired) electrons. The highest BCUT2D eigenvalue weighted by Crippen LogP contribution is 2.22. The second-order valence-corrected chi connectivity index (χ2v) is 7.47. The second-order valence-electron chi connectivity index (χ2n) is 7.47. The quantitative estimate of drug-likeness (QED) is 0.758. The van der Waals surface area contributed by atoms with E-state index >= 15 is 0 Å². The number of hydrogen-bond donors (Lipinski definition) is 1. The standard InChI is InChI=1S/C22H28O4/c1-22(2,3)18-10-5-16(6-11-18)7-12-19(23)15-26-20-13-8-17(9-14-20)21(24)25-4/h5-6,8-11,13-14,19,23H,7,12,15H2,1-4H3. The summed E-state index contributed by atoms with van der Waals surface area (Å²) in [5.41, 5.74) is 3.13. The van der Waals surface area contributed by atoms with E-state index in [0.717, 1.165) is 6.42 Å². The molecule has 0 aliphatic rings. The summed E-state index contributed by atoms with van der Waals surface area (Å²) >= 11 is 0. The van der Waals surface area contributed by atoms with Crippen LogP contribution in [0.2, 0.25) is 0 Å². The van der Waals surface area contributed by atoms with Gasteiger partial charge in [-0.25, -0.2) is 4.79 Å². The maximum atomic E-state index is 11.4. The van der Waals surface area contributed by atoms with Crippen molar-refractivity contribution in [2.75, 3.05) is 13.7 Å². The number of benzene rings is 2. The van der Waals surface area contributed by atoms with E-state index in [0.29, 0.717) is 17.7 Å². The molecule has 140 valence electrons. The topological polar surface area (TPSA) is 55.8 Å². The van der Waals surface area contributed by atoms with Crippen LogP contribution in [0.1, 0.15) is 48.7 Å². The monoisotopic (exact) mass is 356 g/mol. The van der Waals surface area contributed by atoms with Gasteiger partial charge in [-0.2, -0.15) is 0 Å². The molecule has 26 heavy (non-hydrogen) atoms. The van der Waals surface area contributed by atoms with Gasteiger partial charge in [0.25, 0.3) is 0 Å². The van der Waals surface area contributed by atoms with E-state index in [1.807, 2.05) is 0 Å². The van der Waals surface area contributed by atoms with Crippen LogP contribution in [0.5, 0.6) is 5.75 Å². The van der Waals surface area contributed by atoms with Gasteiger partial charge in [-0.1, -0.05) is 45.0 Å². The zero-order valence-corrected chi connectivity index (χ0v) is 16.0. The fraction of sp³-hybridized carbons (Fsp3) is 0.409. The van der Waals surface area contributed by atoms with Gasteiger partial charge in [0.1, 0.15) is 12.4 Å². The minimum absolute atomic E-state index is 0.148. The average Bonchev–Trinajstić information content (AvgIpc) is 2.64. The Morgan fingerprint density at radius 3 is 2.19 bits per heavy atom. The van der Waals surface area contributed by atoms with E-state index in [-0.39, 0.29) is 18.0 Å². The fourth-order valence-corrected chi connectivity index (χ4v) is 2.59. The molecule has 1 atom stereocenters. The van der Waals surface area contributed by atoms with Crippen LogP contribution in [-0.2, 0) is 16.6 Å². The first-order chi connectivity index (χ1) is 12.3. The molecule has 0 bridgehead atoms. The largest absolute Gasteiger partial charge is 0.491 e. The number of rotatable bonds is 7. The van der Waals surface area contributed by atoms with Crippen LogP contribution in [0.3, 0.4) is 0 Å². The zero-order chi connectivity index (χ0) is 19.2. The predicted molar refractivity (Wildman–Crippen MR) is 103 cm³/mol. The molecule has 4 heteroatoms. The van der Waals surface area contributed by atoms with Gasteiger partial charge in [0.05, 0.1) is 18.8 Å². The van der Waals surface area contributed by atoms with E-state index in [2.05, 4.69) is 49.8 Å². The number of carbonyl (C=O) groups excluding carboxylic acids is 1. The van der Waals surface area contributed by atoms with Crippen LogP contribution >= 0.6 is 0 Å². The van der Waals surface area contributed by atoms with E-state index in [1.165, 1.54) is 18.2 Å². The number of carbonyl (C=O) groups is 1. The molecule has 0 amide bonds. The molecule has 0 heterocycles. The minimum atomic E-state index is -0.544. The highest BCUT2D eigenvalue weighted by atomic mass is 16.5. The summed E-state index contributed by atoms with van der Waals surface area (Å²) in [5.74, 6) is 0.236. The lowest BCUT2D eigenvalue weighted by atomic mass is 9.86. The molecule has 2 aromatic carbocycles. The molecule has 2 rings (SSSR count). The van der Waals surface area contributed by atoms with Gasteiger partial charge in [0.15, 0.2) is 0 Å². The summed E-state index contributed by atoms with van der Waals surface area (Å²) in [6.45, 7) is 6.81. The number of ether oxygens (including phenoxy) is 2. The lowest BCUT2D eigenvalue weighted by Crippen LogP contribution is -2.18. The van der Waals surface area contributed by atoms with Crippen molar-refractivity contribution in [3.05, 3.63) is 65.2 Å². The molecule has 0 saturated carbocycles. The molecule has 0 aliphatic heterocycles. The summed E-state index contributed by atoms with van der Waals surface area (Å²) in [6.07, 6.45) is 0.892. The lowest BCUT2D eigenvalue weighted by Gasteiger charge is -2.19. The first kappa shape index (κ1) is 20.0. The SMILES string of the molecule is COC(=O)c1ccc(OCC(O)CCc2ccc(C(C)(C)C)cc2)cc1. The van der Waals surface area contributed by atoms with Crippen molar-refractivity contribution < 1.29 is 19.4 Å². The normalized spacial score (nSPS) is 12.5. The average molecular weight is 356 g/mol. The summed E-state index contributed by atoms with van der Waals surface area (Å²) in [7, 11) is 1.35. The molecule has 2 aromatic rings. The van der Waals surface area contributed by atoms with Crippen molar-refractivity contribution in [3.63, 3.8) is 0 Å². The molecule has 0 aromatic heterocycles. The van der Waals surface area contributed by atoms with E-state index in [9.17, 15) is 9.90 Å².